The smallest absolute Gasteiger partial charge is 0.123 e. The summed E-state index contributed by atoms with van der Waals surface area (Å²) in [5.41, 5.74) is 3.18. The van der Waals surface area contributed by atoms with Gasteiger partial charge in [0.25, 0.3) is 0 Å². The van der Waals surface area contributed by atoms with Crippen molar-refractivity contribution in [2.24, 2.45) is 0 Å². The van der Waals surface area contributed by atoms with Gasteiger partial charge in [0.05, 0.1) is 6.61 Å². The van der Waals surface area contributed by atoms with Gasteiger partial charge >= 0.3 is 0 Å². The minimum atomic E-state index is -0.343. The first-order valence-electron chi connectivity index (χ1n) is 13.3. The third kappa shape index (κ3) is 6.39. The summed E-state index contributed by atoms with van der Waals surface area (Å²) in [6, 6.07) is 24.9. The molecule has 2 aliphatic rings. The summed E-state index contributed by atoms with van der Waals surface area (Å²) < 4.78 is 33.4. The van der Waals surface area contributed by atoms with Gasteiger partial charge in [0.15, 0.2) is 0 Å². The van der Waals surface area contributed by atoms with Gasteiger partial charge in [-0.1, -0.05) is 54.6 Å². The molecule has 0 aliphatic carbocycles. The van der Waals surface area contributed by atoms with Gasteiger partial charge in [-0.15, -0.1) is 0 Å². The molecule has 190 valence electrons. The van der Waals surface area contributed by atoms with Crippen LogP contribution in [0.5, 0.6) is 0 Å². The lowest BCUT2D eigenvalue weighted by atomic mass is 10.0. The van der Waals surface area contributed by atoms with E-state index in [1.54, 1.807) is 24.3 Å². The molecule has 2 heterocycles. The number of nitrogens with zero attached hydrogens (tertiary/aromatic N) is 2. The number of benzene rings is 3. The van der Waals surface area contributed by atoms with Gasteiger partial charge in [-0.25, -0.2) is 8.78 Å². The van der Waals surface area contributed by atoms with Crippen LogP contribution < -0.4 is 0 Å². The van der Waals surface area contributed by atoms with Crippen LogP contribution in [0.4, 0.5) is 8.78 Å². The number of aryl methyl sites for hydroxylation is 1. The summed E-state index contributed by atoms with van der Waals surface area (Å²) in [5, 5.41) is 0. The number of likely N-dealkylation sites (tertiary alicyclic amines) is 1. The first-order valence-corrected chi connectivity index (χ1v) is 13.3. The summed E-state index contributed by atoms with van der Waals surface area (Å²) in [6.45, 7) is 4.79. The second-order valence-electron chi connectivity index (χ2n) is 10.2. The minimum Gasteiger partial charge on any atom is -0.367 e. The lowest BCUT2D eigenvalue weighted by Crippen LogP contribution is -2.40. The van der Waals surface area contributed by atoms with Crippen molar-refractivity contribution < 1.29 is 13.5 Å². The van der Waals surface area contributed by atoms with Crippen molar-refractivity contribution in [2.75, 3.05) is 32.8 Å². The Bertz CT molecular complexity index is 1030. The molecule has 2 unspecified atom stereocenters. The number of rotatable bonds is 10. The van der Waals surface area contributed by atoms with Crippen LogP contribution in [0.3, 0.4) is 0 Å². The topological polar surface area (TPSA) is 15.7 Å². The average Bonchev–Trinajstić information content (AvgIpc) is 3.18. The molecule has 3 nitrogen and oxygen atoms in total. The number of fused-ring (bicyclic) bond motifs is 2. The number of hydrogen-bond acceptors (Lipinski definition) is 3. The van der Waals surface area contributed by atoms with Crippen molar-refractivity contribution in [3.05, 3.63) is 107 Å². The molecule has 0 saturated carbocycles. The molecule has 2 atom stereocenters. The summed E-state index contributed by atoms with van der Waals surface area (Å²) >= 11 is 0. The largest absolute Gasteiger partial charge is 0.367 e. The monoisotopic (exact) mass is 490 g/mol. The Hall–Kier alpha value is -2.60. The lowest BCUT2D eigenvalue weighted by Gasteiger charge is -2.29. The Morgan fingerprint density at radius 1 is 0.750 bits per heavy atom. The SMILES string of the molecule is Fc1ccc(C(OCCN2CCC3CCC(C2)N3CCCc2ccccc2)c2ccc(F)cc2)cc1. The molecule has 2 aliphatic heterocycles. The van der Waals surface area contributed by atoms with Crippen LogP contribution in [0.25, 0.3) is 0 Å². The number of hydrogen-bond donors (Lipinski definition) is 0. The second kappa shape index (κ2) is 12.1. The van der Waals surface area contributed by atoms with Crippen LogP contribution >= 0.6 is 0 Å². The Balaban J connectivity index is 1.15. The van der Waals surface area contributed by atoms with E-state index in [4.69, 9.17) is 4.74 Å². The molecule has 0 spiro atoms. The lowest BCUT2D eigenvalue weighted by molar-refractivity contribution is 0.0574. The molecule has 3 aromatic carbocycles. The normalized spacial score (nSPS) is 20.6. The van der Waals surface area contributed by atoms with Crippen LogP contribution in [0.1, 0.15) is 48.5 Å². The molecule has 2 saturated heterocycles. The quantitative estimate of drug-likeness (QED) is 0.334. The molecular weight excluding hydrogens is 454 g/mol. The maximum atomic E-state index is 13.5. The summed E-state index contributed by atoms with van der Waals surface area (Å²) in [6.07, 6.45) is 5.81. The van der Waals surface area contributed by atoms with E-state index in [1.165, 1.54) is 62.1 Å². The van der Waals surface area contributed by atoms with Gasteiger partial charge in [0.2, 0.25) is 0 Å². The predicted octanol–water partition coefficient (Wildman–Crippen LogP) is 6.24. The van der Waals surface area contributed by atoms with Crippen molar-refractivity contribution in [3.63, 3.8) is 0 Å². The summed E-state index contributed by atoms with van der Waals surface area (Å²) in [5.74, 6) is -0.547. The van der Waals surface area contributed by atoms with E-state index in [0.717, 1.165) is 37.2 Å². The molecule has 0 amide bonds. The third-order valence-electron chi connectivity index (χ3n) is 7.78. The van der Waals surface area contributed by atoms with E-state index >= 15 is 0 Å². The van der Waals surface area contributed by atoms with Gasteiger partial charge < -0.3 is 4.74 Å². The van der Waals surface area contributed by atoms with Crippen LogP contribution in [-0.2, 0) is 11.2 Å². The first-order chi connectivity index (χ1) is 17.7. The molecule has 2 bridgehead atoms. The zero-order chi connectivity index (χ0) is 24.7. The van der Waals surface area contributed by atoms with Crippen LogP contribution in [0.15, 0.2) is 78.9 Å². The van der Waals surface area contributed by atoms with Crippen molar-refractivity contribution in [2.45, 2.75) is 50.3 Å². The highest BCUT2D eigenvalue weighted by atomic mass is 19.1. The van der Waals surface area contributed by atoms with E-state index in [-0.39, 0.29) is 17.7 Å². The molecule has 0 aromatic heterocycles. The second-order valence-corrected chi connectivity index (χ2v) is 10.2. The Kier molecular flexibility index (Phi) is 8.42. The number of ether oxygens (including phenoxy) is 1. The van der Waals surface area contributed by atoms with Gasteiger partial charge in [0.1, 0.15) is 17.7 Å². The maximum Gasteiger partial charge on any atom is 0.123 e. The Morgan fingerprint density at radius 3 is 2.06 bits per heavy atom. The van der Waals surface area contributed by atoms with Crippen LogP contribution in [-0.4, -0.2) is 54.7 Å². The standard InChI is InChI=1S/C31H36F2N2O/c32-27-12-8-25(9-13-27)31(26-10-14-28(33)15-11-26)36-22-21-34-20-18-29-16-17-30(23-34)35(29)19-4-7-24-5-2-1-3-6-24/h1-3,5-6,8-15,29-31H,4,7,16-23H2. The Labute approximate surface area is 213 Å². The van der Waals surface area contributed by atoms with Gasteiger partial charge in [-0.05, 0) is 86.1 Å². The zero-order valence-corrected chi connectivity index (χ0v) is 20.9. The van der Waals surface area contributed by atoms with Crippen molar-refractivity contribution in [3.8, 4) is 0 Å². The Morgan fingerprint density at radius 2 is 1.39 bits per heavy atom. The fourth-order valence-electron chi connectivity index (χ4n) is 5.88. The van der Waals surface area contributed by atoms with Gasteiger partial charge in [-0.2, -0.15) is 0 Å². The van der Waals surface area contributed by atoms with Crippen LogP contribution in [0, 0.1) is 11.6 Å². The zero-order valence-electron chi connectivity index (χ0n) is 20.9. The van der Waals surface area contributed by atoms with E-state index in [9.17, 15) is 8.78 Å². The summed E-state index contributed by atoms with van der Waals surface area (Å²) in [4.78, 5) is 5.31. The van der Waals surface area contributed by atoms with Crippen molar-refractivity contribution in [1.29, 1.82) is 0 Å². The number of halogens is 2. The average molecular weight is 491 g/mol. The molecular formula is C31H36F2N2O. The van der Waals surface area contributed by atoms with Crippen molar-refractivity contribution in [1.82, 2.24) is 9.80 Å². The van der Waals surface area contributed by atoms with Gasteiger partial charge in [0, 0.05) is 25.2 Å². The third-order valence-corrected chi connectivity index (χ3v) is 7.78. The molecule has 36 heavy (non-hydrogen) atoms. The fraction of sp³-hybridized carbons (Fsp3) is 0.419. The molecule has 5 rings (SSSR count). The fourth-order valence-corrected chi connectivity index (χ4v) is 5.88. The maximum absolute atomic E-state index is 13.5. The highest BCUT2D eigenvalue weighted by molar-refractivity contribution is 5.30. The molecule has 3 aromatic rings. The first kappa shape index (κ1) is 25.1. The van der Waals surface area contributed by atoms with E-state index in [2.05, 4.69) is 40.1 Å². The summed E-state index contributed by atoms with van der Waals surface area (Å²) in [7, 11) is 0. The molecule has 5 heteroatoms. The molecule has 0 radical (unpaired) electrons. The minimum absolute atomic E-state index is 0.274. The van der Waals surface area contributed by atoms with E-state index < -0.39 is 0 Å². The van der Waals surface area contributed by atoms with E-state index in [1.807, 2.05) is 0 Å². The highest BCUT2D eigenvalue weighted by Gasteiger charge is 2.36. The molecule has 0 N–H and O–H groups in total. The van der Waals surface area contributed by atoms with E-state index in [0.29, 0.717) is 18.7 Å². The highest BCUT2D eigenvalue weighted by Crippen LogP contribution is 2.31. The van der Waals surface area contributed by atoms with Gasteiger partial charge in [-0.3, -0.25) is 9.80 Å². The van der Waals surface area contributed by atoms with Crippen molar-refractivity contribution >= 4 is 0 Å². The molecule has 2 fully saturated rings. The van der Waals surface area contributed by atoms with Crippen LogP contribution in [0.2, 0.25) is 0 Å². The predicted molar refractivity (Wildman–Crippen MR) is 140 cm³/mol.